The second-order valence-electron chi connectivity index (χ2n) is 4.36. The van der Waals surface area contributed by atoms with Crippen molar-refractivity contribution in [1.29, 1.82) is 0 Å². The molecule has 2 aliphatic rings. The van der Waals surface area contributed by atoms with Gasteiger partial charge >= 0.3 is 6.03 Å². The smallest absolute Gasteiger partial charge is 0.322 e. The molecule has 3 rings (SSSR count). The number of nitrogens with zero attached hydrogens (tertiary/aromatic N) is 1. The molecule has 8 heteroatoms. The number of carbonyl (C=O) groups excluding carboxylic acids is 2. The molecule has 0 radical (unpaired) electrons. The van der Waals surface area contributed by atoms with Crippen LogP contribution in [0, 0.1) is 0 Å². The maximum Gasteiger partial charge on any atom is 0.322 e. The Morgan fingerprint density at radius 1 is 1.50 bits per heavy atom. The molecule has 1 atom stereocenters. The molecule has 0 bridgehead atoms. The molecule has 0 spiro atoms. The lowest BCUT2D eigenvalue weighted by molar-refractivity contribution is -0.124. The Hall–Kier alpha value is -1.18. The minimum atomic E-state index is -1.17. The van der Waals surface area contributed by atoms with Crippen molar-refractivity contribution in [3.05, 3.63) is 16.1 Å². The summed E-state index contributed by atoms with van der Waals surface area (Å²) in [6, 6.07) is -0.504. The number of nitrogens with two attached hydrogens (primary N) is 1. The zero-order valence-corrected chi connectivity index (χ0v) is 11.1. The van der Waals surface area contributed by atoms with Crippen LogP contribution in [0.3, 0.4) is 0 Å². The van der Waals surface area contributed by atoms with Crippen LogP contribution in [-0.4, -0.2) is 23.5 Å². The topological polar surface area (TPSA) is 97.1 Å². The van der Waals surface area contributed by atoms with Gasteiger partial charge in [0.25, 0.3) is 5.91 Å². The summed E-state index contributed by atoms with van der Waals surface area (Å²) in [5.41, 5.74) is 6.85. The van der Waals surface area contributed by atoms with Gasteiger partial charge < -0.3 is 11.1 Å². The zero-order valence-electron chi connectivity index (χ0n) is 9.43. The largest absolute Gasteiger partial charge is 0.327 e. The van der Waals surface area contributed by atoms with Crippen molar-refractivity contribution in [2.24, 2.45) is 5.73 Å². The number of amides is 3. The van der Waals surface area contributed by atoms with E-state index in [2.05, 4.69) is 15.6 Å². The number of hydrogen-bond acceptors (Lipinski definition) is 5. The highest BCUT2D eigenvalue weighted by Crippen LogP contribution is 2.46. The lowest BCUT2D eigenvalue weighted by atomic mass is 9.93. The summed E-state index contributed by atoms with van der Waals surface area (Å²) in [5.74, 6) is 0.0732. The number of thiazole rings is 1. The summed E-state index contributed by atoms with van der Waals surface area (Å²) < 4.78 is 0. The van der Waals surface area contributed by atoms with Crippen molar-refractivity contribution in [3.8, 4) is 0 Å². The molecule has 2 fully saturated rings. The molecule has 4 N–H and O–H groups in total. The average molecular weight is 289 g/mol. The van der Waals surface area contributed by atoms with E-state index in [-0.39, 0.29) is 19.0 Å². The molecular formula is C10H13ClN4O2S. The molecule has 1 aliphatic heterocycles. The molecular weight excluding hydrogens is 276 g/mol. The van der Waals surface area contributed by atoms with Crippen LogP contribution in [0.5, 0.6) is 0 Å². The molecule has 98 valence electrons. The van der Waals surface area contributed by atoms with Gasteiger partial charge in [0.05, 0.1) is 11.2 Å². The summed E-state index contributed by atoms with van der Waals surface area (Å²) in [6.07, 6.45) is 2.23. The predicted molar refractivity (Wildman–Crippen MR) is 68.7 cm³/mol. The second-order valence-corrected chi connectivity index (χ2v) is 5.24. The van der Waals surface area contributed by atoms with Crippen LogP contribution in [0.25, 0.3) is 0 Å². The van der Waals surface area contributed by atoms with Gasteiger partial charge in [-0.2, -0.15) is 0 Å². The Morgan fingerprint density at radius 2 is 2.22 bits per heavy atom. The molecule has 1 aliphatic carbocycles. The van der Waals surface area contributed by atoms with Crippen molar-refractivity contribution in [2.75, 3.05) is 6.54 Å². The highest BCUT2D eigenvalue weighted by molar-refractivity contribution is 7.09. The number of halogens is 1. The molecule has 0 unspecified atom stereocenters. The van der Waals surface area contributed by atoms with E-state index in [1.54, 1.807) is 5.51 Å². The van der Waals surface area contributed by atoms with Crippen molar-refractivity contribution in [3.63, 3.8) is 0 Å². The maximum absolute atomic E-state index is 11.9. The fraction of sp³-hybridized carbons (Fsp3) is 0.500. The standard InChI is InChI=1S/C10H12N4O2S.ClH/c11-3-10(8(15)13-9(16)14-10)7-6(5-1-2-5)17-4-12-7;/h4-5H,1-3,11H2,(H2,13,14,15,16);1H/t10-;/m1./s1. The minimum Gasteiger partial charge on any atom is -0.327 e. The first-order valence-corrected chi connectivity index (χ1v) is 6.33. The summed E-state index contributed by atoms with van der Waals surface area (Å²) in [6.45, 7) is 0.0219. The van der Waals surface area contributed by atoms with Crippen LogP contribution in [0.1, 0.15) is 29.3 Å². The van der Waals surface area contributed by atoms with Gasteiger partial charge in [0, 0.05) is 11.4 Å². The fourth-order valence-corrected chi connectivity index (χ4v) is 3.15. The van der Waals surface area contributed by atoms with Gasteiger partial charge in [-0.3, -0.25) is 10.1 Å². The van der Waals surface area contributed by atoms with E-state index in [4.69, 9.17) is 5.73 Å². The van der Waals surface area contributed by atoms with Crippen LogP contribution in [0.15, 0.2) is 5.51 Å². The first kappa shape index (κ1) is 13.3. The Labute approximate surface area is 114 Å². The van der Waals surface area contributed by atoms with E-state index >= 15 is 0 Å². The Bertz CT molecular complexity index is 502. The molecule has 1 aromatic heterocycles. The monoisotopic (exact) mass is 288 g/mol. The van der Waals surface area contributed by atoms with Crippen molar-refractivity contribution in [2.45, 2.75) is 24.3 Å². The van der Waals surface area contributed by atoms with Crippen LogP contribution in [0.2, 0.25) is 0 Å². The summed E-state index contributed by atoms with van der Waals surface area (Å²) in [4.78, 5) is 28.5. The molecule has 1 saturated carbocycles. The Morgan fingerprint density at radius 3 is 2.72 bits per heavy atom. The fourth-order valence-electron chi connectivity index (χ4n) is 2.11. The van der Waals surface area contributed by atoms with E-state index in [9.17, 15) is 9.59 Å². The van der Waals surface area contributed by atoms with Gasteiger partial charge in [-0.15, -0.1) is 23.7 Å². The first-order chi connectivity index (χ1) is 8.17. The van der Waals surface area contributed by atoms with E-state index in [1.807, 2.05) is 0 Å². The maximum atomic E-state index is 11.9. The van der Waals surface area contributed by atoms with E-state index in [0.29, 0.717) is 11.6 Å². The van der Waals surface area contributed by atoms with E-state index in [0.717, 1.165) is 17.7 Å². The molecule has 3 amide bonds. The van der Waals surface area contributed by atoms with E-state index in [1.165, 1.54) is 11.3 Å². The molecule has 1 saturated heterocycles. The van der Waals surface area contributed by atoms with Crippen LogP contribution in [0.4, 0.5) is 4.79 Å². The van der Waals surface area contributed by atoms with Crippen LogP contribution >= 0.6 is 23.7 Å². The number of urea groups is 1. The lowest BCUT2D eigenvalue weighted by Crippen LogP contribution is -2.50. The second kappa shape index (κ2) is 4.49. The van der Waals surface area contributed by atoms with Crippen molar-refractivity contribution in [1.82, 2.24) is 15.6 Å². The van der Waals surface area contributed by atoms with Gasteiger partial charge in [0.1, 0.15) is 0 Å². The van der Waals surface area contributed by atoms with E-state index < -0.39 is 17.5 Å². The van der Waals surface area contributed by atoms with Crippen molar-refractivity contribution >= 4 is 35.7 Å². The molecule has 0 aromatic carbocycles. The highest BCUT2D eigenvalue weighted by atomic mass is 35.5. The third-order valence-corrected chi connectivity index (χ3v) is 4.19. The summed E-state index contributed by atoms with van der Waals surface area (Å²) >= 11 is 1.53. The predicted octanol–water partition coefficient (Wildman–Crippen LogP) is 0.436. The lowest BCUT2D eigenvalue weighted by Gasteiger charge is -2.23. The quantitative estimate of drug-likeness (QED) is 0.703. The highest BCUT2D eigenvalue weighted by Gasteiger charge is 2.50. The SMILES string of the molecule is Cl.NC[C@]1(c2ncsc2C2CC2)NC(=O)NC1=O. The number of aromatic nitrogens is 1. The molecule has 18 heavy (non-hydrogen) atoms. The number of nitrogens with one attached hydrogen (secondary N) is 2. The molecule has 6 nitrogen and oxygen atoms in total. The normalized spacial score (nSPS) is 26.5. The first-order valence-electron chi connectivity index (χ1n) is 5.45. The third-order valence-electron chi connectivity index (χ3n) is 3.20. The number of rotatable bonds is 3. The average Bonchev–Trinajstić information content (AvgIpc) is 2.95. The van der Waals surface area contributed by atoms with Gasteiger partial charge in [0.2, 0.25) is 0 Å². The Kier molecular flexibility index (Phi) is 3.31. The summed E-state index contributed by atoms with van der Waals surface area (Å²) in [5, 5.41) is 4.84. The van der Waals surface area contributed by atoms with Crippen LogP contribution < -0.4 is 16.4 Å². The Balaban J connectivity index is 0.00000120. The van der Waals surface area contributed by atoms with Crippen LogP contribution in [-0.2, 0) is 10.3 Å². The molecule has 2 heterocycles. The van der Waals surface area contributed by atoms with Gasteiger partial charge in [-0.1, -0.05) is 0 Å². The number of carbonyl (C=O) groups is 2. The summed E-state index contributed by atoms with van der Waals surface area (Å²) in [7, 11) is 0. The third kappa shape index (κ3) is 1.79. The number of hydrogen-bond donors (Lipinski definition) is 3. The van der Waals surface area contributed by atoms with Gasteiger partial charge in [0.15, 0.2) is 5.54 Å². The minimum absolute atomic E-state index is 0. The van der Waals surface area contributed by atoms with Gasteiger partial charge in [-0.05, 0) is 18.8 Å². The van der Waals surface area contributed by atoms with Crippen molar-refractivity contribution < 1.29 is 9.59 Å². The zero-order chi connectivity index (χ0) is 12.0. The number of imide groups is 1. The molecule has 1 aromatic rings. The van der Waals surface area contributed by atoms with Gasteiger partial charge in [-0.25, -0.2) is 9.78 Å².